The first-order valence-electron chi connectivity index (χ1n) is 5.66. The van der Waals surface area contributed by atoms with E-state index in [9.17, 15) is 0 Å². The molecule has 0 saturated carbocycles. The zero-order valence-electron chi connectivity index (χ0n) is 9.68. The molecule has 0 fully saturated rings. The average molecular weight is 230 g/mol. The van der Waals surface area contributed by atoms with Crippen LogP contribution in [0.1, 0.15) is 11.3 Å². The summed E-state index contributed by atoms with van der Waals surface area (Å²) in [4.78, 5) is 0. The fraction of sp³-hybridized carbons (Fsp3) is 0.333. The molecule has 0 spiro atoms. The van der Waals surface area contributed by atoms with Gasteiger partial charge in [0.05, 0.1) is 25.0 Å². The monoisotopic (exact) mass is 230 g/mol. The third-order valence-corrected chi connectivity index (χ3v) is 2.97. The van der Waals surface area contributed by atoms with Crippen molar-refractivity contribution in [2.75, 3.05) is 11.9 Å². The Hall–Kier alpha value is -2.04. The Morgan fingerprint density at radius 1 is 1.47 bits per heavy atom. The normalized spacial score (nSPS) is 13.2. The molecule has 1 aromatic carbocycles. The van der Waals surface area contributed by atoms with Crippen molar-refractivity contribution in [3.8, 4) is 5.75 Å². The van der Waals surface area contributed by atoms with Crippen LogP contribution in [0, 0.1) is 0 Å². The molecule has 0 amide bonds. The summed E-state index contributed by atoms with van der Waals surface area (Å²) in [5.41, 5.74) is 3.44. The van der Waals surface area contributed by atoms with Gasteiger partial charge in [0.25, 0.3) is 0 Å². The summed E-state index contributed by atoms with van der Waals surface area (Å²) in [6.07, 6.45) is 2.77. The van der Waals surface area contributed by atoms with Crippen LogP contribution in [-0.2, 0) is 20.0 Å². The topological polar surface area (TPSA) is 52.0 Å². The summed E-state index contributed by atoms with van der Waals surface area (Å²) in [7, 11) is 1.89. The summed E-state index contributed by atoms with van der Waals surface area (Å²) in [5.74, 6) is 1.01. The Morgan fingerprint density at radius 2 is 2.41 bits per heavy atom. The maximum absolute atomic E-state index is 5.47. The minimum absolute atomic E-state index is 0.725. The maximum Gasteiger partial charge on any atom is 0.122 e. The van der Waals surface area contributed by atoms with Crippen molar-refractivity contribution in [1.29, 1.82) is 0 Å². The minimum atomic E-state index is 0.725. The molecule has 2 aromatic rings. The lowest BCUT2D eigenvalue weighted by Crippen LogP contribution is -2.05. The average Bonchev–Trinajstić information content (AvgIpc) is 2.94. The third kappa shape index (κ3) is 1.95. The van der Waals surface area contributed by atoms with Gasteiger partial charge in [-0.25, -0.2) is 0 Å². The van der Waals surface area contributed by atoms with E-state index < -0.39 is 0 Å². The smallest absolute Gasteiger partial charge is 0.122 e. The van der Waals surface area contributed by atoms with Gasteiger partial charge in [-0.1, -0.05) is 5.21 Å². The van der Waals surface area contributed by atoms with Crippen LogP contribution >= 0.6 is 0 Å². The van der Waals surface area contributed by atoms with E-state index >= 15 is 0 Å². The molecule has 1 aromatic heterocycles. The van der Waals surface area contributed by atoms with E-state index in [1.165, 1.54) is 5.56 Å². The third-order valence-electron chi connectivity index (χ3n) is 2.97. The Labute approximate surface area is 99.4 Å². The first kappa shape index (κ1) is 10.1. The molecule has 1 aliphatic heterocycles. The minimum Gasteiger partial charge on any atom is -0.493 e. The van der Waals surface area contributed by atoms with Crippen molar-refractivity contribution in [2.45, 2.75) is 13.0 Å². The summed E-state index contributed by atoms with van der Waals surface area (Å²) in [5, 5.41) is 11.1. The van der Waals surface area contributed by atoms with Crippen molar-refractivity contribution in [3.63, 3.8) is 0 Å². The van der Waals surface area contributed by atoms with Gasteiger partial charge in [0.2, 0.25) is 0 Å². The van der Waals surface area contributed by atoms with Crippen LogP contribution in [0.15, 0.2) is 24.4 Å². The van der Waals surface area contributed by atoms with Crippen molar-refractivity contribution in [3.05, 3.63) is 35.7 Å². The first-order chi connectivity index (χ1) is 8.33. The van der Waals surface area contributed by atoms with Gasteiger partial charge in [-0.2, -0.15) is 0 Å². The number of aromatic nitrogens is 3. The van der Waals surface area contributed by atoms with Gasteiger partial charge in [0.15, 0.2) is 0 Å². The number of hydrogen-bond acceptors (Lipinski definition) is 4. The number of aryl methyl sites for hydroxylation is 1. The second kappa shape index (κ2) is 4.08. The molecular formula is C12H14N4O. The Balaban J connectivity index is 1.72. The number of nitrogens with zero attached hydrogens (tertiary/aromatic N) is 3. The number of nitrogens with one attached hydrogen (secondary N) is 1. The molecule has 0 unspecified atom stereocenters. The predicted molar refractivity (Wildman–Crippen MR) is 64.0 cm³/mol. The second-order valence-electron chi connectivity index (χ2n) is 4.12. The molecule has 3 rings (SSSR count). The summed E-state index contributed by atoms with van der Waals surface area (Å²) in [6, 6.07) is 6.20. The van der Waals surface area contributed by atoms with E-state index in [1.54, 1.807) is 10.9 Å². The van der Waals surface area contributed by atoms with E-state index in [1.807, 2.05) is 19.2 Å². The SMILES string of the molecule is Cn1nncc1CNc1ccc2c(c1)CCO2. The first-order valence-corrected chi connectivity index (χ1v) is 5.66. The zero-order valence-corrected chi connectivity index (χ0v) is 9.68. The fourth-order valence-corrected chi connectivity index (χ4v) is 1.96. The standard InChI is InChI=1S/C12H14N4O/c1-16-11(8-14-15-16)7-13-10-2-3-12-9(6-10)4-5-17-12/h2-3,6,8,13H,4-5,7H2,1H3. The number of anilines is 1. The molecular weight excluding hydrogens is 216 g/mol. The van der Waals surface area contributed by atoms with E-state index in [2.05, 4.69) is 21.7 Å². The highest BCUT2D eigenvalue weighted by molar-refractivity contribution is 5.52. The molecule has 0 bridgehead atoms. The molecule has 0 aliphatic carbocycles. The van der Waals surface area contributed by atoms with E-state index in [4.69, 9.17) is 4.74 Å². The van der Waals surface area contributed by atoms with Gasteiger partial charge in [0.1, 0.15) is 5.75 Å². The lowest BCUT2D eigenvalue weighted by atomic mass is 10.1. The van der Waals surface area contributed by atoms with Crippen LogP contribution in [0.3, 0.4) is 0 Å². The van der Waals surface area contributed by atoms with Crippen LogP contribution < -0.4 is 10.1 Å². The Bertz CT molecular complexity index is 535. The molecule has 5 heteroatoms. The molecule has 0 atom stereocenters. The van der Waals surface area contributed by atoms with Crippen LogP contribution in [0.25, 0.3) is 0 Å². The number of rotatable bonds is 3. The van der Waals surface area contributed by atoms with E-state index in [0.29, 0.717) is 0 Å². The van der Waals surface area contributed by atoms with Crippen molar-refractivity contribution >= 4 is 5.69 Å². The highest BCUT2D eigenvalue weighted by Crippen LogP contribution is 2.27. The van der Waals surface area contributed by atoms with Gasteiger partial charge in [-0.05, 0) is 23.8 Å². The summed E-state index contributed by atoms with van der Waals surface area (Å²) >= 11 is 0. The number of benzene rings is 1. The Kier molecular flexibility index (Phi) is 2.44. The molecule has 0 radical (unpaired) electrons. The molecule has 2 heterocycles. The molecule has 0 saturated heterocycles. The van der Waals surface area contributed by atoms with Gasteiger partial charge in [-0.3, -0.25) is 4.68 Å². The molecule has 17 heavy (non-hydrogen) atoms. The summed E-state index contributed by atoms with van der Waals surface area (Å²) < 4.78 is 7.24. The summed E-state index contributed by atoms with van der Waals surface area (Å²) in [6.45, 7) is 1.52. The lowest BCUT2D eigenvalue weighted by molar-refractivity contribution is 0.357. The molecule has 1 aliphatic rings. The van der Waals surface area contributed by atoms with Crippen LogP contribution in [0.2, 0.25) is 0 Å². The Morgan fingerprint density at radius 3 is 3.24 bits per heavy atom. The molecule has 5 nitrogen and oxygen atoms in total. The quantitative estimate of drug-likeness (QED) is 0.865. The number of hydrogen-bond donors (Lipinski definition) is 1. The van der Waals surface area contributed by atoms with Gasteiger partial charge in [-0.15, -0.1) is 5.10 Å². The largest absolute Gasteiger partial charge is 0.493 e. The van der Waals surface area contributed by atoms with Crippen molar-refractivity contribution in [2.24, 2.45) is 7.05 Å². The van der Waals surface area contributed by atoms with Crippen LogP contribution in [-0.4, -0.2) is 21.6 Å². The molecule has 1 N–H and O–H groups in total. The van der Waals surface area contributed by atoms with E-state index in [0.717, 1.165) is 36.7 Å². The van der Waals surface area contributed by atoms with Crippen LogP contribution in [0.4, 0.5) is 5.69 Å². The number of fused-ring (bicyclic) bond motifs is 1. The van der Waals surface area contributed by atoms with Crippen molar-refractivity contribution in [1.82, 2.24) is 15.0 Å². The van der Waals surface area contributed by atoms with Gasteiger partial charge in [0, 0.05) is 19.2 Å². The molecule has 88 valence electrons. The van der Waals surface area contributed by atoms with Gasteiger partial charge < -0.3 is 10.1 Å². The van der Waals surface area contributed by atoms with Crippen molar-refractivity contribution < 1.29 is 4.74 Å². The van der Waals surface area contributed by atoms with Crippen LogP contribution in [0.5, 0.6) is 5.75 Å². The maximum atomic E-state index is 5.47. The zero-order chi connectivity index (χ0) is 11.7. The predicted octanol–water partition coefficient (Wildman–Crippen LogP) is 1.36. The lowest BCUT2D eigenvalue weighted by Gasteiger charge is -2.07. The number of ether oxygens (including phenoxy) is 1. The highest BCUT2D eigenvalue weighted by atomic mass is 16.5. The van der Waals surface area contributed by atoms with E-state index in [-0.39, 0.29) is 0 Å². The van der Waals surface area contributed by atoms with Gasteiger partial charge >= 0.3 is 0 Å². The second-order valence-corrected chi connectivity index (χ2v) is 4.12. The fourth-order valence-electron chi connectivity index (χ4n) is 1.96. The highest BCUT2D eigenvalue weighted by Gasteiger charge is 2.11.